The van der Waals surface area contributed by atoms with Crippen LogP contribution in [0.1, 0.15) is 364 Å². The number of hydrogen-bond acceptors (Lipinski definition) is 7. The van der Waals surface area contributed by atoms with Crippen molar-refractivity contribution in [1.29, 1.82) is 0 Å². The smallest absolute Gasteiger partial charge is 0.112 e. The third-order valence-corrected chi connectivity index (χ3v) is 32.5. The van der Waals surface area contributed by atoms with Gasteiger partial charge in [0.2, 0.25) is 0 Å². The number of aromatic nitrogens is 4. The SMILES string of the molecule is C/C=C/c1ccc2c(c1)C(CCCCCC(C)(C)C)(CCCCC[N+](C)(C)C)c1cc(/C=C/c3ccc(C)c4nsnc34)ccc1-2.CCCCC(CC)CC1(CC(CC)CCCC)c2cc(C)ccc2-c2ccc(-c3sc(C)cc3CCCCCC[N+](C)(C)C)cc21.Cc1ccc2c(c1)C(CCCCCC(C)(C)C)(CCCCC[N+](C)(C)C)c1cc(-c3ccc(C)c4nsnc34)ccc1-2.[Br-].[Br-].[Br-]. The van der Waals surface area contributed by atoms with Crippen LogP contribution in [-0.2, 0) is 22.7 Å². The van der Waals surface area contributed by atoms with Gasteiger partial charge in [-0.05, 0) is 291 Å². The topological polar surface area (TPSA) is 51.6 Å². The maximum atomic E-state index is 4.75. The fraction of sp³-hybridized carbons (Fsp3) is 0.548. The molecule has 0 amide bonds. The summed E-state index contributed by atoms with van der Waals surface area (Å²) in [4.78, 5) is 2.99. The molecule has 0 aliphatic heterocycles. The fourth-order valence-electron chi connectivity index (χ4n) is 22.9. The van der Waals surface area contributed by atoms with E-state index in [-0.39, 0.29) is 67.2 Å². The summed E-state index contributed by atoms with van der Waals surface area (Å²) in [5, 5.41) is 0. The Bertz CT molecular complexity index is 5650. The van der Waals surface area contributed by atoms with Gasteiger partial charge in [0.15, 0.2) is 0 Å². The molecule has 0 saturated heterocycles. The van der Waals surface area contributed by atoms with Crippen molar-refractivity contribution in [3.05, 3.63) is 228 Å². The molecule has 4 atom stereocenters. The highest BCUT2D eigenvalue weighted by Crippen LogP contribution is 2.60. The molecule has 4 unspecified atom stereocenters. The molecule has 14 rings (SSSR count). The number of rotatable bonds is 46. The molecule has 0 N–H and O–H groups in total. The first-order valence-electron chi connectivity index (χ1n) is 52.9. The first kappa shape index (κ1) is 114. The average Bonchev–Trinajstić information content (AvgIpc) is 1.58. The van der Waals surface area contributed by atoms with Crippen molar-refractivity contribution in [2.45, 2.75) is 339 Å². The van der Waals surface area contributed by atoms with E-state index in [4.69, 9.17) is 4.37 Å². The molecule has 3 aliphatic carbocycles. The molecule has 11 aromatic rings. The van der Waals surface area contributed by atoms with Gasteiger partial charge in [0.05, 0.1) is 107 Å². The van der Waals surface area contributed by atoms with Crippen LogP contribution >= 0.6 is 34.8 Å². The lowest BCUT2D eigenvalue weighted by Crippen LogP contribution is -3.00. The van der Waals surface area contributed by atoms with E-state index in [9.17, 15) is 0 Å². The molecule has 3 heterocycles. The summed E-state index contributed by atoms with van der Waals surface area (Å²) in [7, 11) is 20.8. The van der Waals surface area contributed by atoms with Crippen LogP contribution in [0.3, 0.4) is 0 Å². The van der Waals surface area contributed by atoms with Crippen molar-refractivity contribution < 1.29 is 64.4 Å². The second-order valence-electron chi connectivity index (χ2n) is 47.2. The molecule has 746 valence electrons. The maximum Gasteiger partial charge on any atom is 0.112 e. The van der Waals surface area contributed by atoms with Gasteiger partial charge in [-0.3, -0.25) is 0 Å². The minimum atomic E-state index is 0. The van der Waals surface area contributed by atoms with Crippen LogP contribution in [0.15, 0.2) is 146 Å². The van der Waals surface area contributed by atoms with E-state index < -0.39 is 0 Å². The van der Waals surface area contributed by atoms with Crippen molar-refractivity contribution >= 4 is 75.1 Å². The summed E-state index contributed by atoms with van der Waals surface area (Å²) in [6, 6.07) is 55.3. The number of nitrogens with zero attached hydrogens (tertiary/aromatic N) is 7. The molecule has 3 aliphatic rings. The quantitative estimate of drug-likeness (QED) is 0.0217. The molecule has 0 saturated carbocycles. The first-order chi connectivity index (χ1) is 63.8. The Morgan fingerprint density at radius 2 is 0.723 bits per heavy atom. The van der Waals surface area contributed by atoms with Gasteiger partial charge in [-0.15, -0.1) is 11.3 Å². The van der Waals surface area contributed by atoms with Crippen molar-refractivity contribution in [3.8, 4) is 54.9 Å². The van der Waals surface area contributed by atoms with Gasteiger partial charge in [0.25, 0.3) is 0 Å². The van der Waals surface area contributed by atoms with Gasteiger partial charge < -0.3 is 64.4 Å². The summed E-state index contributed by atoms with van der Waals surface area (Å²) in [6.45, 7) is 40.9. The highest BCUT2D eigenvalue weighted by Gasteiger charge is 2.48. The largest absolute Gasteiger partial charge is 1.00 e. The van der Waals surface area contributed by atoms with E-state index in [1.165, 1.54) is 354 Å². The number of aryl methyl sites for hydroxylation is 6. The van der Waals surface area contributed by atoms with Crippen molar-refractivity contribution in [2.75, 3.05) is 83.1 Å². The Hall–Kier alpha value is -6.10. The number of allylic oxidation sites excluding steroid dienone is 1. The Morgan fingerprint density at radius 1 is 0.350 bits per heavy atom. The molecule has 7 nitrogen and oxygen atoms in total. The van der Waals surface area contributed by atoms with E-state index >= 15 is 0 Å². The van der Waals surface area contributed by atoms with Crippen LogP contribution in [0, 0.1) is 57.3 Å². The van der Waals surface area contributed by atoms with Crippen LogP contribution in [0.2, 0.25) is 0 Å². The highest BCUT2D eigenvalue weighted by molar-refractivity contribution is 7.15. The minimum Gasteiger partial charge on any atom is -1.00 e. The van der Waals surface area contributed by atoms with Gasteiger partial charge >= 0.3 is 0 Å². The van der Waals surface area contributed by atoms with E-state index in [0.29, 0.717) is 10.8 Å². The molecular weight excluding hydrogens is 1920 g/mol. The molecular formula is C124H176Br3N7S3. The number of hydrogen-bond donors (Lipinski definition) is 0. The average molecular weight is 2100 g/mol. The zero-order valence-electron chi connectivity index (χ0n) is 89.7. The fourth-order valence-corrected chi connectivity index (χ4v) is 25.2. The van der Waals surface area contributed by atoms with E-state index in [0.717, 1.165) is 52.9 Å². The molecule has 0 spiro atoms. The second kappa shape index (κ2) is 51.4. The lowest BCUT2D eigenvalue weighted by Gasteiger charge is -2.39. The minimum absolute atomic E-state index is 0. The second-order valence-corrected chi connectivity index (χ2v) is 49.5. The molecule has 8 aromatic carbocycles. The number of quaternary nitrogens is 3. The maximum absolute atomic E-state index is 4.75. The third-order valence-electron chi connectivity index (χ3n) is 30.3. The molecule has 3 aromatic heterocycles. The summed E-state index contributed by atoms with van der Waals surface area (Å²) < 4.78 is 21.7. The summed E-state index contributed by atoms with van der Waals surface area (Å²) in [5.74, 6) is 1.53. The number of benzene rings is 8. The number of halogens is 3. The lowest BCUT2D eigenvalue weighted by molar-refractivity contribution is -0.870. The highest BCUT2D eigenvalue weighted by atomic mass is 79.9. The predicted octanol–water partition coefficient (Wildman–Crippen LogP) is 26.6. The predicted molar refractivity (Wildman–Crippen MR) is 591 cm³/mol. The Balaban J connectivity index is 0.000000228. The Labute approximate surface area is 877 Å². The molecule has 137 heavy (non-hydrogen) atoms. The van der Waals surface area contributed by atoms with E-state index in [1.54, 1.807) is 33.4 Å². The van der Waals surface area contributed by atoms with Crippen molar-refractivity contribution in [3.63, 3.8) is 0 Å². The number of thiophene rings is 1. The van der Waals surface area contributed by atoms with Crippen molar-refractivity contribution in [2.24, 2.45) is 22.7 Å². The normalized spacial score (nSPS) is 16.5. The molecule has 0 bridgehead atoms. The Kier molecular flexibility index (Phi) is 43.0. The van der Waals surface area contributed by atoms with Gasteiger partial charge in [0, 0.05) is 37.1 Å². The molecule has 0 fully saturated rings. The molecule has 13 heteroatoms. The van der Waals surface area contributed by atoms with Crippen LogP contribution < -0.4 is 50.9 Å². The van der Waals surface area contributed by atoms with E-state index in [2.05, 4.69) is 351 Å². The van der Waals surface area contributed by atoms with Crippen molar-refractivity contribution in [1.82, 2.24) is 17.5 Å². The monoisotopic (exact) mass is 2100 g/mol. The van der Waals surface area contributed by atoms with Crippen LogP contribution in [0.25, 0.3) is 95.2 Å². The zero-order valence-corrected chi connectivity index (χ0v) is 96.9. The summed E-state index contributed by atoms with van der Waals surface area (Å²) >= 11 is 4.65. The summed E-state index contributed by atoms with van der Waals surface area (Å²) in [6.07, 6.45) is 51.5. The van der Waals surface area contributed by atoms with E-state index in [1.807, 2.05) is 11.3 Å². The van der Waals surface area contributed by atoms with Gasteiger partial charge in [-0.25, -0.2) is 0 Å². The van der Waals surface area contributed by atoms with Crippen LogP contribution in [-0.4, -0.2) is 114 Å². The van der Waals surface area contributed by atoms with Crippen LogP contribution in [0.5, 0.6) is 0 Å². The van der Waals surface area contributed by atoms with Crippen LogP contribution in [0.4, 0.5) is 0 Å². The number of unbranched alkanes of at least 4 members (excludes halogenated alkanes) is 13. The van der Waals surface area contributed by atoms with Gasteiger partial charge in [0.1, 0.15) is 22.1 Å². The third kappa shape index (κ3) is 30.1. The lowest BCUT2D eigenvalue weighted by atomic mass is 9.65. The standard InChI is InChI=1S/C44H68NS.C42H56N3S.C38H52N3S.3BrH/c1-10-14-20-35(12-3)31-44(32-36(13-4)21-15-11-2)41-28-33(5)23-25-39(41)40-26-24-38(30-42(40)44)43-37(29-34(6)46-43)22-18-16-17-19-27-45(7,8)9;1-9-16-32-19-23-35-36-24-20-33(18-22-34-21-17-31(2)39-40(34)44-46-43-39)30-38(36)42(37(35)29-32,26-13-10-12-25-41(3,4)5)27-14-11-15-28-45(6,7)8;1-27-15-18-31-32-20-17-29(30-19-16-28(2)35-36(30)40-42-39-35)26-34(32)38(33(31)25-27,22-12-9-11-21-37(3,4)5)23-13-10-14-24-41(6,7)8;;;/h23-26,28-30,35-36H,10-22,27,31-32H2,1-9H3;9,16-24,29-30H,10-15,25-28H2,1-8H3;15-20,25-26H,9-14,21-24H2,1-8H3;3*1H/q3*+1;;;/p-3/b;16-9+,22-18+;;;;. The first-order valence-corrected chi connectivity index (χ1v) is 55.2. The van der Waals surface area contributed by atoms with Gasteiger partial charge in [-0.1, -0.05) is 335 Å². The zero-order chi connectivity index (χ0) is 96.4. The number of fused-ring (bicyclic) bond motifs is 11. The Morgan fingerprint density at radius 3 is 1.18 bits per heavy atom. The molecule has 0 radical (unpaired) electrons. The summed E-state index contributed by atoms with van der Waals surface area (Å²) in [5.41, 5.74) is 37.8. The van der Waals surface area contributed by atoms with Gasteiger partial charge in [-0.2, -0.15) is 17.5 Å².